The van der Waals surface area contributed by atoms with Crippen molar-refractivity contribution in [3.63, 3.8) is 0 Å². The molecule has 55 heavy (non-hydrogen) atoms. The van der Waals surface area contributed by atoms with Gasteiger partial charge in [0.1, 0.15) is 12.6 Å². The monoisotopic (exact) mass is 778 g/mol. The Labute approximate surface area is 339 Å². The van der Waals surface area contributed by atoms with Gasteiger partial charge in [0.25, 0.3) is 0 Å². The number of likely N-dealkylation sites (N-methyl/N-ethyl adjacent to an activating group) is 1. The van der Waals surface area contributed by atoms with E-state index >= 15 is 0 Å². The third-order valence-electron chi connectivity index (χ3n) is 10.3. The van der Waals surface area contributed by atoms with Crippen molar-refractivity contribution in [3.05, 3.63) is 24.3 Å². The zero-order chi connectivity index (χ0) is 40.7. The van der Waals surface area contributed by atoms with Crippen LogP contribution in [0.5, 0.6) is 0 Å². The summed E-state index contributed by atoms with van der Waals surface area (Å²) in [7, 11) is 5.40. The zero-order valence-electron chi connectivity index (χ0n) is 36.6. The molecule has 0 aliphatic heterocycles. The topological polar surface area (TPSA) is 102 Å². The minimum absolute atomic E-state index is 0.0409. The highest BCUT2D eigenvalue weighted by atomic mass is 16.6. The van der Waals surface area contributed by atoms with E-state index in [-0.39, 0.29) is 42.7 Å². The predicted molar refractivity (Wildman–Crippen MR) is 227 cm³/mol. The number of aliphatic carboxylic acids is 1. The molecule has 2 unspecified atom stereocenters. The van der Waals surface area contributed by atoms with Crippen LogP contribution in [0.1, 0.15) is 206 Å². The van der Waals surface area contributed by atoms with Crippen LogP contribution >= 0.6 is 0 Å². The molecular formula is C47H87NO7. The van der Waals surface area contributed by atoms with E-state index in [1.165, 1.54) is 122 Å². The molecule has 2 atom stereocenters. The molecule has 0 heterocycles. The van der Waals surface area contributed by atoms with E-state index < -0.39 is 18.1 Å². The quantitative estimate of drug-likeness (QED) is 0.0264. The summed E-state index contributed by atoms with van der Waals surface area (Å²) in [5.41, 5.74) is 0. The van der Waals surface area contributed by atoms with Crippen LogP contribution in [0.25, 0.3) is 0 Å². The Kier molecular flexibility index (Phi) is 37.1. The van der Waals surface area contributed by atoms with Gasteiger partial charge in [-0.25, -0.2) is 0 Å². The van der Waals surface area contributed by atoms with Gasteiger partial charge in [-0.05, 0) is 44.9 Å². The van der Waals surface area contributed by atoms with Gasteiger partial charge in [0.2, 0.25) is 0 Å². The Morgan fingerprint density at radius 3 is 1.40 bits per heavy atom. The molecule has 0 bridgehead atoms. The van der Waals surface area contributed by atoms with Gasteiger partial charge in [-0.3, -0.25) is 9.59 Å². The van der Waals surface area contributed by atoms with Crippen molar-refractivity contribution >= 4 is 17.9 Å². The van der Waals surface area contributed by atoms with Crippen molar-refractivity contribution in [2.75, 3.05) is 41.0 Å². The van der Waals surface area contributed by atoms with Crippen LogP contribution in [0.2, 0.25) is 0 Å². The summed E-state index contributed by atoms with van der Waals surface area (Å²) in [4.78, 5) is 36.8. The molecular weight excluding hydrogens is 691 g/mol. The molecule has 0 aromatic heterocycles. The lowest BCUT2D eigenvalue weighted by Gasteiger charge is -2.34. The smallest absolute Gasteiger partial charge is 0.306 e. The highest BCUT2D eigenvalue weighted by Crippen LogP contribution is 2.14. The average molecular weight is 778 g/mol. The van der Waals surface area contributed by atoms with Gasteiger partial charge in [-0.15, -0.1) is 0 Å². The second-order valence-corrected chi connectivity index (χ2v) is 16.6. The summed E-state index contributed by atoms with van der Waals surface area (Å²) in [5.74, 6) is -1.74. The molecule has 0 spiro atoms. The Bertz CT molecular complexity index is 957. The Hall–Kier alpha value is -2.19. The van der Waals surface area contributed by atoms with Gasteiger partial charge >= 0.3 is 11.9 Å². The summed E-state index contributed by atoms with van der Waals surface area (Å²) in [6, 6.07) is -0.724. The first-order valence-electron chi connectivity index (χ1n) is 22.9. The van der Waals surface area contributed by atoms with Crippen LogP contribution in [0.15, 0.2) is 24.3 Å². The summed E-state index contributed by atoms with van der Waals surface area (Å²) >= 11 is 0. The highest BCUT2D eigenvalue weighted by Gasteiger charge is 2.25. The van der Waals surface area contributed by atoms with Gasteiger partial charge in [0.15, 0.2) is 6.10 Å². The van der Waals surface area contributed by atoms with Crippen molar-refractivity contribution in [3.8, 4) is 0 Å². The number of allylic oxidation sites excluding steroid dienone is 4. The van der Waals surface area contributed by atoms with Crippen LogP contribution in [0.4, 0.5) is 0 Å². The van der Waals surface area contributed by atoms with Crippen molar-refractivity contribution < 1.29 is 38.2 Å². The SMILES string of the molecule is CCCCCCCCCC/C=C/C/C=C/CCCCCCCCCC(=O)OC(COCCC(C(=O)[O-])[N+](C)(C)C)COC(=O)CCCCCCCCCCC. The second-order valence-electron chi connectivity index (χ2n) is 16.6. The summed E-state index contributed by atoms with van der Waals surface area (Å²) in [6.07, 6.45) is 42.1. The third-order valence-corrected chi connectivity index (χ3v) is 10.3. The van der Waals surface area contributed by atoms with Gasteiger partial charge in [-0.2, -0.15) is 0 Å². The fraction of sp³-hybridized carbons (Fsp3) is 0.851. The van der Waals surface area contributed by atoms with E-state index in [1.807, 2.05) is 0 Å². The molecule has 0 aromatic carbocycles. The van der Waals surface area contributed by atoms with Crippen LogP contribution in [-0.4, -0.2) is 75.5 Å². The summed E-state index contributed by atoms with van der Waals surface area (Å²) in [5, 5.41) is 11.6. The van der Waals surface area contributed by atoms with Gasteiger partial charge < -0.3 is 28.6 Å². The van der Waals surface area contributed by atoms with E-state index in [0.29, 0.717) is 12.8 Å². The maximum Gasteiger partial charge on any atom is 0.306 e. The van der Waals surface area contributed by atoms with Crippen LogP contribution in [0, 0.1) is 0 Å². The Morgan fingerprint density at radius 1 is 0.545 bits per heavy atom. The van der Waals surface area contributed by atoms with E-state index in [1.54, 1.807) is 21.1 Å². The number of carbonyl (C=O) groups is 3. The first-order chi connectivity index (χ1) is 26.6. The summed E-state index contributed by atoms with van der Waals surface area (Å²) < 4.78 is 17.1. The van der Waals surface area contributed by atoms with E-state index in [2.05, 4.69) is 38.2 Å². The molecule has 0 saturated heterocycles. The molecule has 8 nitrogen and oxygen atoms in total. The number of hydrogen-bond donors (Lipinski definition) is 0. The average Bonchev–Trinajstić information content (AvgIpc) is 3.14. The largest absolute Gasteiger partial charge is 0.544 e. The maximum atomic E-state index is 12.7. The number of rotatable bonds is 41. The van der Waals surface area contributed by atoms with Crippen LogP contribution < -0.4 is 5.11 Å². The first kappa shape index (κ1) is 52.8. The molecule has 322 valence electrons. The molecule has 0 N–H and O–H groups in total. The van der Waals surface area contributed by atoms with Crippen molar-refractivity contribution in [2.24, 2.45) is 0 Å². The third kappa shape index (κ3) is 37.2. The Morgan fingerprint density at radius 2 is 0.964 bits per heavy atom. The number of hydrogen-bond acceptors (Lipinski definition) is 7. The molecule has 0 radical (unpaired) electrons. The molecule has 0 amide bonds. The lowest BCUT2D eigenvalue weighted by Crippen LogP contribution is -2.55. The minimum atomic E-state index is -1.13. The zero-order valence-corrected chi connectivity index (χ0v) is 36.6. The normalized spacial score (nSPS) is 13.1. The van der Waals surface area contributed by atoms with Gasteiger partial charge in [-0.1, -0.05) is 167 Å². The van der Waals surface area contributed by atoms with Crippen LogP contribution in [-0.2, 0) is 28.6 Å². The van der Waals surface area contributed by atoms with E-state index in [0.717, 1.165) is 51.4 Å². The standard InChI is InChI=1S/C47H87NO7/c1-6-8-10-12-14-16-17-18-19-20-21-22-23-24-25-26-27-28-30-32-34-36-38-46(50)55-43(41-53-40-39-44(47(51)52)48(3,4)5)42-54-45(49)37-35-33-31-29-15-13-11-9-7-2/h20-21,23-24,43-44H,6-19,22,25-42H2,1-5H3/b21-20+,24-23+. The molecule has 8 heteroatoms. The lowest BCUT2D eigenvalue weighted by molar-refractivity contribution is -0.889. The minimum Gasteiger partial charge on any atom is -0.544 e. The maximum absolute atomic E-state index is 12.7. The molecule has 0 saturated carbocycles. The molecule has 0 aliphatic carbocycles. The second kappa shape index (κ2) is 38.7. The van der Waals surface area contributed by atoms with E-state index in [4.69, 9.17) is 14.2 Å². The Balaban J connectivity index is 4.23. The first-order valence-corrected chi connectivity index (χ1v) is 22.9. The lowest BCUT2D eigenvalue weighted by atomic mass is 10.1. The number of esters is 2. The van der Waals surface area contributed by atoms with E-state index in [9.17, 15) is 19.5 Å². The number of carboxylic acid groups (broad SMARTS) is 1. The summed E-state index contributed by atoms with van der Waals surface area (Å²) in [6.45, 7) is 4.64. The molecule has 0 fully saturated rings. The van der Waals surface area contributed by atoms with Gasteiger partial charge in [0.05, 0.1) is 40.3 Å². The number of nitrogens with zero attached hydrogens (tertiary/aromatic N) is 1. The molecule has 0 rings (SSSR count). The van der Waals surface area contributed by atoms with Crippen molar-refractivity contribution in [2.45, 2.75) is 219 Å². The number of ether oxygens (including phenoxy) is 3. The van der Waals surface area contributed by atoms with Crippen LogP contribution in [0.3, 0.4) is 0 Å². The van der Waals surface area contributed by atoms with Crippen molar-refractivity contribution in [1.29, 1.82) is 0 Å². The number of carbonyl (C=O) groups excluding carboxylic acids is 3. The fourth-order valence-electron chi connectivity index (χ4n) is 6.75. The highest BCUT2D eigenvalue weighted by molar-refractivity contribution is 5.70. The number of unbranched alkanes of at least 4 members (excludes halogenated alkanes) is 23. The number of carboxylic acids is 1. The molecule has 0 aromatic rings. The van der Waals surface area contributed by atoms with Crippen molar-refractivity contribution in [1.82, 2.24) is 0 Å². The van der Waals surface area contributed by atoms with Gasteiger partial charge in [0, 0.05) is 19.3 Å². The fourth-order valence-corrected chi connectivity index (χ4v) is 6.75. The number of quaternary nitrogens is 1. The molecule has 0 aliphatic rings. The predicted octanol–water partition coefficient (Wildman–Crippen LogP) is 11.1.